The number of likely N-dealkylation sites (tertiary alicyclic amines) is 1. The highest BCUT2D eigenvalue weighted by molar-refractivity contribution is 5.85. The third-order valence-electron chi connectivity index (χ3n) is 5.62. The van der Waals surface area contributed by atoms with E-state index < -0.39 is 0 Å². The van der Waals surface area contributed by atoms with E-state index in [4.69, 9.17) is 9.72 Å². The van der Waals surface area contributed by atoms with Crippen molar-refractivity contribution in [2.45, 2.75) is 37.8 Å². The summed E-state index contributed by atoms with van der Waals surface area (Å²) in [5.41, 5.74) is 0.934. The number of hydrogen-bond donors (Lipinski definition) is 1. The average Bonchev–Trinajstić information content (AvgIpc) is 2.67. The first-order valence-corrected chi connectivity index (χ1v) is 9.35. The summed E-state index contributed by atoms with van der Waals surface area (Å²) in [6, 6.07) is 10.9. The van der Waals surface area contributed by atoms with Gasteiger partial charge in [-0.3, -0.25) is 4.90 Å². The lowest BCUT2D eigenvalue weighted by Crippen LogP contribution is -2.49. The van der Waals surface area contributed by atoms with Crippen LogP contribution in [0.5, 0.6) is 5.75 Å². The molecule has 5 nitrogen and oxygen atoms in total. The van der Waals surface area contributed by atoms with E-state index in [9.17, 15) is 5.11 Å². The highest BCUT2D eigenvalue weighted by Crippen LogP contribution is 2.28. The Bertz CT molecular complexity index is 728. The molecule has 25 heavy (non-hydrogen) atoms. The largest absolute Gasteiger partial charge is 0.494 e. The van der Waals surface area contributed by atoms with Crippen molar-refractivity contribution in [2.75, 3.05) is 38.2 Å². The summed E-state index contributed by atoms with van der Waals surface area (Å²) in [5.74, 6) is 1.87. The minimum absolute atomic E-state index is 0.138. The normalized spacial score (nSPS) is 23.1. The van der Waals surface area contributed by atoms with Crippen LogP contribution in [0.15, 0.2) is 30.3 Å². The molecule has 134 valence electrons. The van der Waals surface area contributed by atoms with Gasteiger partial charge in [0.15, 0.2) is 0 Å². The second-order valence-electron chi connectivity index (χ2n) is 7.21. The molecule has 5 heteroatoms. The number of ether oxygens (including phenoxy) is 1. The van der Waals surface area contributed by atoms with Crippen molar-refractivity contribution in [3.63, 3.8) is 0 Å². The highest BCUT2D eigenvalue weighted by atomic mass is 16.5. The van der Waals surface area contributed by atoms with Crippen molar-refractivity contribution >= 4 is 16.7 Å². The molecule has 1 aromatic heterocycles. The van der Waals surface area contributed by atoms with E-state index in [1.807, 2.05) is 12.1 Å². The predicted octanol–water partition coefficient (Wildman–Crippen LogP) is 2.67. The summed E-state index contributed by atoms with van der Waals surface area (Å²) in [5, 5.41) is 11.0. The number of nitrogens with zero attached hydrogens (tertiary/aromatic N) is 3. The quantitative estimate of drug-likeness (QED) is 0.930. The molecule has 1 aromatic carbocycles. The number of methoxy groups -OCH3 is 1. The Morgan fingerprint density at radius 2 is 1.92 bits per heavy atom. The number of hydrogen-bond acceptors (Lipinski definition) is 5. The maximum absolute atomic E-state index is 9.92. The Hall–Kier alpha value is -1.85. The minimum Gasteiger partial charge on any atom is -0.494 e. The first kappa shape index (κ1) is 16.6. The van der Waals surface area contributed by atoms with Gasteiger partial charge in [-0.2, -0.15) is 0 Å². The van der Waals surface area contributed by atoms with Gasteiger partial charge in [0, 0.05) is 31.1 Å². The predicted molar refractivity (Wildman–Crippen MR) is 100 cm³/mol. The van der Waals surface area contributed by atoms with Crippen molar-refractivity contribution in [1.82, 2.24) is 9.88 Å². The lowest BCUT2D eigenvalue weighted by atomic mass is 9.99. The molecular weight excluding hydrogens is 314 g/mol. The van der Waals surface area contributed by atoms with Gasteiger partial charge in [0.1, 0.15) is 17.1 Å². The van der Waals surface area contributed by atoms with E-state index in [2.05, 4.69) is 28.0 Å². The molecule has 2 aliphatic rings. The lowest BCUT2D eigenvalue weighted by Gasteiger charge is -2.41. The second-order valence-corrected chi connectivity index (χ2v) is 7.21. The fourth-order valence-electron chi connectivity index (χ4n) is 4.23. The van der Waals surface area contributed by atoms with Crippen LogP contribution in [0.25, 0.3) is 10.9 Å². The van der Waals surface area contributed by atoms with Gasteiger partial charge in [0.25, 0.3) is 0 Å². The Morgan fingerprint density at radius 1 is 1.08 bits per heavy atom. The zero-order chi connectivity index (χ0) is 17.2. The van der Waals surface area contributed by atoms with Gasteiger partial charge in [-0.1, -0.05) is 12.1 Å². The van der Waals surface area contributed by atoms with Crippen LogP contribution in [-0.4, -0.2) is 60.4 Å². The Balaban J connectivity index is 1.46. The smallest absolute Gasteiger partial charge is 0.145 e. The minimum atomic E-state index is -0.138. The Morgan fingerprint density at radius 3 is 2.68 bits per heavy atom. The van der Waals surface area contributed by atoms with E-state index >= 15 is 0 Å². The summed E-state index contributed by atoms with van der Waals surface area (Å²) >= 11 is 0. The first-order valence-electron chi connectivity index (χ1n) is 9.35. The van der Waals surface area contributed by atoms with Crippen molar-refractivity contribution in [1.29, 1.82) is 0 Å². The molecule has 0 spiro atoms. The molecule has 1 atom stereocenters. The molecule has 0 unspecified atom stereocenters. The van der Waals surface area contributed by atoms with Crippen molar-refractivity contribution in [2.24, 2.45) is 0 Å². The van der Waals surface area contributed by atoms with Crippen molar-refractivity contribution in [3.05, 3.63) is 30.3 Å². The van der Waals surface area contributed by atoms with Crippen LogP contribution in [-0.2, 0) is 0 Å². The van der Waals surface area contributed by atoms with Crippen LogP contribution in [0, 0.1) is 0 Å². The summed E-state index contributed by atoms with van der Waals surface area (Å²) in [6.45, 7) is 4.01. The van der Waals surface area contributed by atoms with Crippen LogP contribution in [0.1, 0.15) is 25.7 Å². The van der Waals surface area contributed by atoms with Crippen LogP contribution < -0.4 is 9.64 Å². The molecule has 4 rings (SSSR count). The number of aliphatic hydroxyl groups excluding tert-OH is 1. The van der Waals surface area contributed by atoms with Gasteiger partial charge in [-0.25, -0.2) is 4.98 Å². The fourth-order valence-corrected chi connectivity index (χ4v) is 4.23. The number of β-amino-alcohol motifs (C(OH)–C–C–N with tert-alkyl or cyclic N) is 1. The van der Waals surface area contributed by atoms with E-state index in [-0.39, 0.29) is 6.10 Å². The summed E-state index contributed by atoms with van der Waals surface area (Å²) in [7, 11) is 1.70. The third-order valence-corrected chi connectivity index (χ3v) is 5.62. The SMILES string of the molecule is COc1cccc2ccc(N3CCC(N4CCC[C@H](O)C4)CC3)nc12. The molecule has 2 aromatic rings. The van der Waals surface area contributed by atoms with Crippen LogP contribution in [0.2, 0.25) is 0 Å². The summed E-state index contributed by atoms with van der Waals surface area (Å²) in [4.78, 5) is 9.73. The van der Waals surface area contributed by atoms with E-state index in [1.165, 1.54) is 0 Å². The third kappa shape index (κ3) is 3.44. The number of piperidine rings is 2. The topological polar surface area (TPSA) is 48.8 Å². The maximum Gasteiger partial charge on any atom is 0.145 e. The zero-order valence-electron chi connectivity index (χ0n) is 14.9. The van der Waals surface area contributed by atoms with E-state index in [1.54, 1.807) is 7.11 Å². The van der Waals surface area contributed by atoms with Crippen LogP contribution in [0.3, 0.4) is 0 Å². The molecule has 0 amide bonds. The number of benzene rings is 1. The Labute approximate surface area is 149 Å². The second kappa shape index (κ2) is 7.18. The maximum atomic E-state index is 9.92. The van der Waals surface area contributed by atoms with Gasteiger partial charge in [0.05, 0.1) is 13.2 Å². The van der Waals surface area contributed by atoms with E-state index in [0.717, 1.165) is 74.3 Å². The number of rotatable bonds is 3. The molecular formula is C20H27N3O2. The molecule has 2 fully saturated rings. The number of pyridine rings is 1. The molecule has 1 N–H and O–H groups in total. The molecule has 3 heterocycles. The van der Waals surface area contributed by atoms with Crippen molar-refractivity contribution < 1.29 is 9.84 Å². The van der Waals surface area contributed by atoms with Crippen LogP contribution >= 0.6 is 0 Å². The summed E-state index contributed by atoms with van der Waals surface area (Å²) < 4.78 is 5.46. The fraction of sp³-hybridized carbons (Fsp3) is 0.550. The van der Waals surface area contributed by atoms with Gasteiger partial charge < -0.3 is 14.7 Å². The molecule has 2 aliphatic heterocycles. The molecule has 2 saturated heterocycles. The highest BCUT2D eigenvalue weighted by Gasteiger charge is 2.28. The number of fused-ring (bicyclic) bond motifs is 1. The lowest BCUT2D eigenvalue weighted by molar-refractivity contribution is 0.0398. The van der Waals surface area contributed by atoms with Crippen LogP contribution in [0.4, 0.5) is 5.82 Å². The number of aromatic nitrogens is 1. The van der Waals surface area contributed by atoms with Gasteiger partial charge in [-0.05, 0) is 50.4 Å². The number of aliphatic hydroxyl groups is 1. The van der Waals surface area contributed by atoms with Crippen molar-refractivity contribution in [3.8, 4) is 5.75 Å². The van der Waals surface area contributed by atoms with Gasteiger partial charge in [0.2, 0.25) is 0 Å². The standard InChI is InChI=1S/C20H27N3O2/c1-25-18-6-2-4-15-7-8-19(21-20(15)18)22-12-9-16(10-13-22)23-11-3-5-17(24)14-23/h2,4,6-8,16-17,24H,3,5,9-14H2,1H3/t17-/m0/s1. The first-order chi connectivity index (χ1) is 12.2. The number of anilines is 1. The molecule has 0 radical (unpaired) electrons. The number of para-hydroxylation sites is 1. The summed E-state index contributed by atoms with van der Waals surface area (Å²) in [6.07, 6.45) is 4.21. The van der Waals surface area contributed by atoms with Gasteiger partial charge >= 0.3 is 0 Å². The molecule has 0 bridgehead atoms. The monoisotopic (exact) mass is 341 g/mol. The Kier molecular flexibility index (Phi) is 4.77. The molecule has 0 aliphatic carbocycles. The average molecular weight is 341 g/mol. The van der Waals surface area contributed by atoms with Gasteiger partial charge in [-0.15, -0.1) is 0 Å². The zero-order valence-corrected chi connectivity index (χ0v) is 14.9. The molecule has 0 saturated carbocycles. The van der Waals surface area contributed by atoms with E-state index in [0.29, 0.717) is 6.04 Å².